The normalized spacial score (nSPS) is 12.6. The number of halogens is 2. The average molecular weight is 368 g/mol. The minimum absolute atomic E-state index is 0.186. The highest BCUT2D eigenvalue weighted by Gasteiger charge is 2.27. The third-order valence-corrected chi connectivity index (χ3v) is 5.13. The number of methoxy groups -OCH3 is 1. The van der Waals surface area contributed by atoms with E-state index >= 15 is 0 Å². The van der Waals surface area contributed by atoms with Crippen LogP contribution in [0.25, 0.3) is 0 Å². The van der Waals surface area contributed by atoms with E-state index in [4.69, 9.17) is 17.0 Å². The van der Waals surface area contributed by atoms with Gasteiger partial charge in [-0.15, -0.1) is 11.3 Å². The van der Waals surface area contributed by atoms with E-state index in [-0.39, 0.29) is 5.11 Å². The number of esters is 1. The van der Waals surface area contributed by atoms with Gasteiger partial charge in [-0.25, -0.2) is 13.6 Å². The minimum atomic E-state index is -0.965. The first-order valence-electron chi connectivity index (χ1n) is 7.25. The zero-order valence-electron chi connectivity index (χ0n) is 12.7. The zero-order chi connectivity index (χ0) is 17.3. The highest BCUT2D eigenvalue weighted by Crippen LogP contribution is 2.39. The van der Waals surface area contributed by atoms with Gasteiger partial charge in [-0.1, -0.05) is 0 Å². The molecule has 1 aliphatic rings. The molecule has 0 saturated heterocycles. The molecular weight excluding hydrogens is 354 g/mol. The molecule has 1 aromatic carbocycles. The SMILES string of the molecule is COC(=O)c1c(NC(=S)Nc2ccc(F)c(F)c2)sc2c1CCC2. The molecule has 24 heavy (non-hydrogen) atoms. The number of ether oxygens (including phenoxy) is 1. The van der Waals surface area contributed by atoms with Crippen molar-refractivity contribution in [3.8, 4) is 0 Å². The molecule has 0 saturated carbocycles. The minimum Gasteiger partial charge on any atom is -0.465 e. The second-order valence-corrected chi connectivity index (χ2v) is 6.77. The van der Waals surface area contributed by atoms with Crippen molar-refractivity contribution in [2.24, 2.45) is 0 Å². The third-order valence-electron chi connectivity index (χ3n) is 3.72. The van der Waals surface area contributed by atoms with Crippen LogP contribution in [0.1, 0.15) is 27.2 Å². The second kappa shape index (κ2) is 6.82. The largest absolute Gasteiger partial charge is 0.465 e. The summed E-state index contributed by atoms with van der Waals surface area (Å²) in [4.78, 5) is 13.2. The molecule has 8 heteroatoms. The molecule has 1 aromatic heterocycles. The molecule has 126 valence electrons. The van der Waals surface area contributed by atoms with Crippen molar-refractivity contribution < 1.29 is 18.3 Å². The predicted octanol–water partition coefficient (Wildman–Crippen LogP) is 4.11. The van der Waals surface area contributed by atoms with Gasteiger partial charge < -0.3 is 15.4 Å². The van der Waals surface area contributed by atoms with Gasteiger partial charge in [0.1, 0.15) is 5.00 Å². The van der Waals surface area contributed by atoms with Crippen LogP contribution in [0.15, 0.2) is 18.2 Å². The summed E-state index contributed by atoms with van der Waals surface area (Å²) in [7, 11) is 1.34. The quantitative estimate of drug-likeness (QED) is 0.631. The summed E-state index contributed by atoms with van der Waals surface area (Å²) in [6.45, 7) is 0. The van der Waals surface area contributed by atoms with Crippen LogP contribution in [0.3, 0.4) is 0 Å². The third kappa shape index (κ3) is 3.25. The van der Waals surface area contributed by atoms with E-state index in [1.54, 1.807) is 0 Å². The molecule has 0 amide bonds. The van der Waals surface area contributed by atoms with E-state index in [1.807, 2.05) is 0 Å². The number of fused-ring (bicyclic) bond motifs is 1. The maximum Gasteiger partial charge on any atom is 0.341 e. The van der Waals surface area contributed by atoms with Crippen LogP contribution in [0.2, 0.25) is 0 Å². The lowest BCUT2D eigenvalue weighted by Crippen LogP contribution is -2.20. The number of aryl methyl sites for hydroxylation is 1. The second-order valence-electron chi connectivity index (χ2n) is 5.26. The van der Waals surface area contributed by atoms with Gasteiger partial charge in [0.15, 0.2) is 16.7 Å². The average Bonchev–Trinajstić information content (AvgIpc) is 3.10. The van der Waals surface area contributed by atoms with Gasteiger partial charge in [-0.3, -0.25) is 0 Å². The van der Waals surface area contributed by atoms with E-state index < -0.39 is 17.6 Å². The summed E-state index contributed by atoms with van der Waals surface area (Å²) in [5.41, 5.74) is 1.82. The zero-order valence-corrected chi connectivity index (χ0v) is 14.4. The van der Waals surface area contributed by atoms with Crippen molar-refractivity contribution in [1.82, 2.24) is 0 Å². The molecule has 2 N–H and O–H groups in total. The number of hydrogen-bond acceptors (Lipinski definition) is 4. The molecule has 0 fully saturated rings. The van der Waals surface area contributed by atoms with Crippen LogP contribution in [-0.4, -0.2) is 18.2 Å². The fourth-order valence-corrected chi connectivity index (χ4v) is 4.22. The first kappa shape index (κ1) is 16.8. The van der Waals surface area contributed by atoms with Crippen molar-refractivity contribution in [1.29, 1.82) is 0 Å². The summed E-state index contributed by atoms with van der Waals surface area (Å²) >= 11 is 6.66. The summed E-state index contributed by atoms with van der Waals surface area (Å²) in [6, 6.07) is 3.40. The lowest BCUT2D eigenvalue weighted by molar-refractivity contribution is 0.0601. The Labute approximate surface area is 146 Å². The highest BCUT2D eigenvalue weighted by atomic mass is 32.1. The van der Waals surface area contributed by atoms with E-state index in [0.29, 0.717) is 16.3 Å². The number of carbonyl (C=O) groups is 1. The molecule has 2 aromatic rings. The number of benzene rings is 1. The number of nitrogens with one attached hydrogen (secondary N) is 2. The predicted molar refractivity (Wildman–Crippen MR) is 93.9 cm³/mol. The van der Waals surface area contributed by atoms with Crippen LogP contribution in [0, 0.1) is 11.6 Å². The molecule has 1 heterocycles. The molecule has 0 spiro atoms. The molecule has 0 atom stereocenters. The van der Waals surface area contributed by atoms with Crippen molar-refractivity contribution in [3.05, 3.63) is 45.8 Å². The maximum absolute atomic E-state index is 13.2. The molecule has 0 aliphatic heterocycles. The van der Waals surface area contributed by atoms with Crippen LogP contribution in [0.4, 0.5) is 19.5 Å². The van der Waals surface area contributed by atoms with Crippen LogP contribution < -0.4 is 10.6 Å². The Morgan fingerprint density at radius 3 is 2.75 bits per heavy atom. The summed E-state index contributed by atoms with van der Waals surface area (Å²) in [5, 5.41) is 6.52. The van der Waals surface area contributed by atoms with E-state index in [9.17, 15) is 13.6 Å². The molecular formula is C16H14F2N2O2S2. The standard InChI is InChI=1S/C16H14F2N2O2S2/c1-22-15(21)13-9-3-2-4-12(9)24-14(13)20-16(23)19-8-5-6-10(17)11(18)7-8/h5-7H,2-4H2,1H3,(H2,19,20,23). The summed E-state index contributed by atoms with van der Waals surface area (Å²) in [5.74, 6) is -2.30. The molecule has 0 radical (unpaired) electrons. The Bertz CT molecular complexity index is 821. The van der Waals surface area contributed by atoms with Crippen LogP contribution in [0.5, 0.6) is 0 Å². The van der Waals surface area contributed by atoms with Crippen LogP contribution >= 0.6 is 23.6 Å². The van der Waals surface area contributed by atoms with Gasteiger partial charge in [0.05, 0.1) is 12.7 Å². The number of carbonyl (C=O) groups excluding carboxylic acids is 1. The number of hydrogen-bond donors (Lipinski definition) is 2. The monoisotopic (exact) mass is 368 g/mol. The first-order chi connectivity index (χ1) is 11.5. The fourth-order valence-electron chi connectivity index (χ4n) is 2.65. The van der Waals surface area contributed by atoms with Gasteiger partial charge >= 0.3 is 5.97 Å². The number of rotatable bonds is 3. The van der Waals surface area contributed by atoms with Gasteiger partial charge in [0, 0.05) is 16.6 Å². The van der Waals surface area contributed by atoms with Crippen molar-refractivity contribution in [3.63, 3.8) is 0 Å². The van der Waals surface area contributed by atoms with Crippen molar-refractivity contribution in [2.75, 3.05) is 17.7 Å². The lowest BCUT2D eigenvalue weighted by Gasteiger charge is -2.11. The molecule has 0 unspecified atom stereocenters. The lowest BCUT2D eigenvalue weighted by atomic mass is 10.1. The van der Waals surface area contributed by atoms with E-state index in [2.05, 4.69) is 10.6 Å². The van der Waals surface area contributed by atoms with Gasteiger partial charge in [0.25, 0.3) is 0 Å². The first-order valence-corrected chi connectivity index (χ1v) is 8.48. The van der Waals surface area contributed by atoms with E-state index in [0.717, 1.165) is 41.8 Å². The van der Waals surface area contributed by atoms with Gasteiger partial charge in [0.2, 0.25) is 0 Å². The molecule has 3 rings (SSSR count). The van der Waals surface area contributed by atoms with Crippen molar-refractivity contribution in [2.45, 2.75) is 19.3 Å². The molecule has 4 nitrogen and oxygen atoms in total. The maximum atomic E-state index is 13.2. The number of thiophene rings is 1. The summed E-state index contributed by atoms with van der Waals surface area (Å²) in [6.07, 6.45) is 2.78. The number of anilines is 2. The van der Waals surface area contributed by atoms with Gasteiger partial charge in [-0.05, 0) is 49.2 Å². The smallest absolute Gasteiger partial charge is 0.341 e. The Morgan fingerprint density at radius 1 is 1.25 bits per heavy atom. The Kier molecular flexibility index (Phi) is 4.77. The molecule has 0 bridgehead atoms. The Hall–Kier alpha value is -2.06. The fraction of sp³-hybridized carbons (Fsp3) is 0.250. The Balaban J connectivity index is 1.79. The highest BCUT2D eigenvalue weighted by molar-refractivity contribution is 7.80. The van der Waals surface area contributed by atoms with Gasteiger partial charge in [-0.2, -0.15) is 0 Å². The molecule has 1 aliphatic carbocycles. The number of thiocarbonyl (C=S) groups is 1. The van der Waals surface area contributed by atoms with Crippen molar-refractivity contribution >= 4 is 45.3 Å². The van der Waals surface area contributed by atoms with E-state index in [1.165, 1.54) is 24.5 Å². The summed E-state index contributed by atoms with van der Waals surface area (Å²) < 4.78 is 31.1. The van der Waals surface area contributed by atoms with Crippen LogP contribution in [-0.2, 0) is 17.6 Å². The Morgan fingerprint density at radius 2 is 2.04 bits per heavy atom. The topological polar surface area (TPSA) is 50.4 Å².